The smallest absolute Gasteiger partial charge is 0.253 e. The summed E-state index contributed by atoms with van der Waals surface area (Å²) in [6.45, 7) is 5.89. The number of carbonyl (C=O) groups is 1. The highest BCUT2D eigenvalue weighted by molar-refractivity contribution is 5.94. The molecule has 0 radical (unpaired) electrons. The molecule has 1 aliphatic rings. The van der Waals surface area contributed by atoms with Crippen LogP contribution in [0.3, 0.4) is 0 Å². The van der Waals surface area contributed by atoms with Crippen LogP contribution in [0.15, 0.2) is 72.9 Å². The molecule has 0 unspecified atom stereocenters. The van der Waals surface area contributed by atoms with Gasteiger partial charge in [0.2, 0.25) is 0 Å². The van der Waals surface area contributed by atoms with Gasteiger partial charge in [-0.3, -0.25) is 4.79 Å². The fraction of sp³-hybridized carbons (Fsp3) is 0.280. The van der Waals surface area contributed by atoms with E-state index in [2.05, 4.69) is 46.4 Å². The number of hydrogen-bond acceptors (Lipinski definition) is 4. The van der Waals surface area contributed by atoms with Gasteiger partial charge in [-0.25, -0.2) is 4.98 Å². The Morgan fingerprint density at radius 2 is 1.77 bits per heavy atom. The van der Waals surface area contributed by atoms with Gasteiger partial charge in [0.1, 0.15) is 5.82 Å². The topological polar surface area (TPSA) is 48.5 Å². The van der Waals surface area contributed by atoms with Gasteiger partial charge >= 0.3 is 0 Å². The monoisotopic (exact) mass is 400 g/mol. The van der Waals surface area contributed by atoms with Gasteiger partial charge in [0.15, 0.2) is 0 Å². The Morgan fingerprint density at radius 3 is 2.53 bits per heavy atom. The zero-order valence-corrected chi connectivity index (χ0v) is 17.4. The van der Waals surface area contributed by atoms with Crippen molar-refractivity contribution >= 4 is 17.4 Å². The molecule has 1 aliphatic heterocycles. The summed E-state index contributed by atoms with van der Waals surface area (Å²) in [5, 5.41) is 3.51. The number of aromatic nitrogens is 1. The van der Waals surface area contributed by atoms with Gasteiger partial charge in [0.05, 0.1) is 0 Å². The number of benzene rings is 2. The first-order valence-electron chi connectivity index (χ1n) is 10.6. The molecule has 0 bridgehead atoms. The van der Waals surface area contributed by atoms with E-state index in [9.17, 15) is 4.79 Å². The molecule has 2 heterocycles. The lowest BCUT2D eigenvalue weighted by Gasteiger charge is -2.35. The number of anilines is 2. The molecule has 1 amide bonds. The van der Waals surface area contributed by atoms with Crippen LogP contribution in [0.4, 0.5) is 11.5 Å². The van der Waals surface area contributed by atoms with Crippen LogP contribution in [0.1, 0.15) is 28.4 Å². The van der Waals surface area contributed by atoms with Crippen LogP contribution in [0.5, 0.6) is 0 Å². The Bertz CT molecular complexity index is 981. The molecule has 154 valence electrons. The van der Waals surface area contributed by atoms with Crippen molar-refractivity contribution < 1.29 is 4.79 Å². The van der Waals surface area contributed by atoms with E-state index in [0.717, 1.165) is 42.1 Å². The van der Waals surface area contributed by atoms with E-state index < -0.39 is 0 Å². The maximum atomic E-state index is 13.0. The van der Waals surface area contributed by atoms with Crippen molar-refractivity contribution in [2.75, 3.05) is 36.4 Å². The average Bonchev–Trinajstić information content (AvgIpc) is 2.83. The Kier molecular flexibility index (Phi) is 6.28. The summed E-state index contributed by atoms with van der Waals surface area (Å²) in [6, 6.07) is 22.3. The molecule has 4 rings (SSSR count). The third kappa shape index (κ3) is 4.62. The molecule has 0 spiro atoms. The van der Waals surface area contributed by atoms with Crippen LogP contribution >= 0.6 is 0 Å². The molecule has 1 N–H and O–H groups in total. The third-order valence-corrected chi connectivity index (χ3v) is 5.60. The molecule has 0 aliphatic carbocycles. The van der Waals surface area contributed by atoms with Crippen molar-refractivity contribution in [2.45, 2.75) is 19.9 Å². The summed E-state index contributed by atoms with van der Waals surface area (Å²) in [6.07, 6.45) is 2.80. The predicted molar refractivity (Wildman–Crippen MR) is 122 cm³/mol. The lowest BCUT2D eigenvalue weighted by molar-refractivity contribution is 0.0746. The number of carbonyl (C=O) groups excluding carboxylic acids is 1. The Hall–Kier alpha value is -3.34. The number of aryl methyl sites for hydroxylation is 1. The van der Waals surface area contributed by atoms with Crippen molar-refractivity contribution in [1.29, 1.82) is 0 Å². The molecule has 1 saturated heterocycles. The number of rotatable bonds is 6. The highest BCUT2D eigenvalue weighted by Crippen LogP contribution is 2.18. The largest absolute Gasteiger partial charge is 0.381 e. The first kappa shape index (κ1) is 20.0. The van der Waals surface area contributed by atoms with Crippen LogP contribution in [0.2, 0.25) is 0 Å². The van der Waals surface area contributed by atoms with E-state index in [4.69, 9.17) is 0 Å². The summed E-state index contributed by atoms with van der Waals surface area (Å²) < 4.78 is 0. The fourth-order valence-electron chi connectivity index (χ4n) is 3.87. The molecular weight excluding hydrogens is 372 g/mol. The van der Waals surface area contributed by atoms with Crippen LogP contribution in [0.25, 0.3) is 0 Å². The zero-order valence-electron chi connectivity index (χ0n) is 17.4. The first-order valence-corrected chi connectivity index (χ1v) is 10.6. The van der Waals surface area contributed by atoms with Crippen LogP contribution < -0.4 is 10.2 Å². The molecule has 3 aromatic rings. The van der Waals surface area contributed by atoms with Crippen LogP contribution in [-0.2, 0) is 13.0 Å². The Morgan fingerprint density at radius 1 is 0.967 bits per heavy atom. The molecule has 1 aromatic heterocycles. The van der Waals surface area contributed by atoms with E-state index in [0.29, 0.717) is 19.6 Å². The van der Waals surface area contributed by atoms with Crippen molar-refractivity contribution in [3.05, 3.63) is 89.6 Å². The van der Waals surface area contributed by atoms with Gasteiger partial charge < -0.3 is 15.1 Å². The van der Waals surface area contributed by atoms with E-state index in [1.807, 2.05) is 53.6 Å². The molecular formula is C25H28N4O. The van der Waals surface area contributed by atoms with Crippen molar-refractivity contribution in [3.8, 4) is 0 Å². The third-order valence-electron chi connectivity index (χ3n) is 5.60. The summed E-state index contributed by atoms with van der Waals surface area (Å²) in [5.41, 5.74) is 4.32. The van der Waals surface area contributed by atoms with Crippen molar-refractivity contribution in [3.63, 3.8) is 0 Å². The summed E-state index contributed by atoms with van der Waals surface area (Å²) in [7, 11) is 0. The van der Waals surface area contributed by atoms with Gasteiger partial charge in [-0.15, -0.1) is 0 Å². The van der Waals surface area contributed by atoms with Gasteiger partial charge in [0.25, 0.3) is 5.91 Å². The lowest BCUT2D eigenvalue weighted by atomic mass is 10.1. The SMILES string of the molecule is CCc1ccccc1NCc1cccc(C(=O)N2CCN(c3ccccn3)CC2)c1. The van der Waals surface area contributed by atoms with Crippen LogP contribution in [0, 0.1) is 0 Å². The lowest BCUT2D eigenvalue weighted by Crippen LogP contribution is -2.49. The van der Waals surface area contributed by atoms with Crippen molar-refractivity contribution in [1.82, 2.24) is 9.88 Å². The quantitative estimate of drug-likeness (QED) is 0.673. The number of pyridine rings is 1. The highest BCUT2D eigenvalue weighted by Gasteiger charge is 2.22. The minimum absolute atomic E-state index is 0.103. The molecule has 30 heavy (non-hydrogen) atoms. The molecule has 5 heteroatoms. The summed E-state index contributed by atoms with van der Waals surface area (Å²) in [4.78, 5) is 21.6. The standard InChI is InChI=1S/C25H28N4O/c1-2-21-9-3-4-11-23(21)27-19-20-8-7-10-22(18-20)25(30)29-16-14-28(15-17-29)24-12-5-6-13-26-24/h3-13,18,27H,2,14-17,19H2,1H3. The van der Waals surface area contributed by atoms with E-state index in [-0.39, 0.29) is 5.91 Å². The molecule has 5 nitrogen and oxygen atoms in total. The maximum Gasteiger partial charge on any atom is 0.253 e. The summed E-state index contributed by atoms with van der Waals surface area (Å²) in [5.74, 6) is 1.08. The molecule has 1 fully saturated rings. The number of piperazine rings is 1. The van der Waals surface area contributed by atoms with E-state index >= 15 is 0 Å². The Labute approximate surface area is 178 Å². The van der Waals surface area contributed by atoms with Gasteiger partial charge in [-0.05, 0) is 47.9 Å². The Balaban J connectivity index is 1.37. The average molecular weight is 401 g/mol. The first-order chi connectivity index (χ1) is 14.7. The summed E-state index contributed by atoms with van der Waals surface area (Å²) >= 11 is 0. The second kappa shape index (κ2) is 9.44. The number of nitrogens with zero attached hydrogens (tertiary/aromatic N) is 3. The number of hydrogen-bond donors (Lipinski definition) is 1. The fourth-order valence-corrected chi connectivity index (χ4v) is 3.87. The van der Waals surface area contributed by atoms with Crippen molar-refractivity contribution in [2.24, 2.45) is 0 Å². The number of nitrogens with one attached hydrogen (secondary N) is 1. The van der Waals surface area contributed by atoms with E-state index in [1.165, 1.54) is 5.56 Å². The highest BCUT2D eigenvalue weighted by atomic mass is 16.2. The maximum absolute atomic E-state index is 13.0. The van der Waals surface area contributed by atoms with Gasteiger partial charge in [-0.1, -0.05) is 43.3 Å². The molecule has 2 aromatic carbocycles. The number of para-hydroxylation sites is 1. The van der Waals surface area contributed by atoms with Crippen LogP contribution in [-0.4, -0.2) is 42.0 Å². The second-order valence-corrected chi connectivity index (χ2v) is 7.53. The molecule has 0 saturated carbocycles. The van der Waals surface area contributed by atoms with Gasteiger partial charge in [0, 0.05) is 50.2 Å². The second-order valence-electron chi connectivity index (χ2n) is 7.53. The number of amides is 1. The predicted octanol–water partition coefficient (Wildman–Crippen LogP) is 4.22. The van der Waals surface area contributed by atoms with E-state index in [1.54, 1.807) is 0 Å². The molecule has 0 atom stereocenters. The zero-order chi connectivity index (χ0) is 20.8. The normalized spacial score (nSPS) is 13.9. The van der Waals surface area contributed by atoms with Gasteiger partial charge in [-0.2, -0.15) is 0 Å². The minimum Gasteiger partial charge on any atom is -0.381 e. The minimum atomic E-state index is 0.103.